The molecule has 1 aromatic rings. The van der Waals surface area contributed by atoms with Gasteiger partial charge >= 0.3 is 0 Å². The molecule has 1 aromatic carbocycles. The molecule has 0 atom stereocenters. The van der Waals surface area contributed by atoms with Crippen LogP contribution in [0.15, 0.2) is 29.2 Å². The minimum Gasteiger partial charge on any atom is -0.211 e. The van der Waals surface area contributed by atoms with Gasteiger partial charge in [-0.2, -0.15) is 0 Å². The number of sulfonamides is 1. The number of hydrogen-bond donors (Lipinski definition) is 1. The highest BCUT2D eigenvalue weighted by molar-refractivity contribution is 7.89. The SMILES string of the molecule is CCCCCCNS(=O)(=O)c1ccccc1C. The van der Waals surface area contributed by atoms with Gasteiger partial charge in [0.25, 0.3) is 0 Å². The molecule has 0 heterocycles. The Labute approximate surface area is 104 Å². The Morgan fingerprint density at radius 2 is 1.82 bits per heavy atom. The summed E-state index contributed by atoms with van der Waals surface area (Å²) in [5.41, 5.74) is 0.786. The van der Waals surface area contributed by atoms with Crippen molar-refractivity contribution in [3.8, 4) is 0 Å². The molecule has 96 valence electrons. The van der Waals surface area contributed by atoms with Crippen LogP contribution in [0.25, 0.3) is 0 Å². The average molecular weight is 255 g/mol. The lowest BCUT2D eigenvalue weighted by Gasteiger charge is -2.08. The highest BCUT2D eigenvalue weighted by Crippen LogP contribution is 2.13. The summed E-state index contributed by atoms with van der Waals surface area (Å²) in [5.74, 6) is 0. The summed E-state index contributed by atoms with van der Waals surface area (Å²) in [4.78, 5) is 0.385. The van der Waals surface area contributed by atoms with Crippen LogP contribution in [-0.4, -0.2) is 15.0 Å². The first-order chi connectivity index (χ1) is 8.08. The molecular formula is C13H21NO2S. The minimum atomic E-state index is -3.33. The molecule has 3 nitrogen and oxygen atoms in total. The second-order valence-corrected chi connectivity index (χ2v) is 5.96. The summed E-state index contributed by atoms with van der Waals surface area (Å²) in [6.45, 7) is 4.47. The average Bonchev–Trinajstić information content (AvgIpc) is 2.29. The molecular weight excluding hydrogens is 234 g/mol. The van der Waals surface area contributed by atoms with Crippen molar-refractivity contribution in [3.63, 3.8) is 0 Å². The summed E-state index contributed by atoms with van der Waals surface area (Å²) in [5, 5.41) is 0. The zero-order valence-electron chi connectivity index (χ0n) is 10.6. The summed E-state index contributed by atoms with van der Waals surface area (Å²) in [7, 11) is -3.33. The van der Waals surface area contributed by atoms with E-state index in [9.17, 15) is 8.42 Å². The van der Waals surface area contributed by atoms with Gasteiger partial charge in [0.15, 0.2) is 0 Å². The monoisotopic (exact) mass is 255 g/mol. The molecule has 0 aliphatic rings. The normalized spacial score (nSPS) is 11.6. The molecule has 1 rings (SSSR count). The predicted octanol–water partition coefficient (Wildman–Crippen LogP) is 2.85. The number of benzene rings is 1. The Hall–Kier alpha value is -0.870. The van der Waals surface area contributed by atoms with Gasteiger partial charge in [-0.05, 0) is 25.0 Å². The summed E-state index contributed by atoms with van der Waals surface area (Å²) >= 11 is 0. The number of unbranched alkanes of at least 4 members (excludes halogenated alkanes) is 3. The van der Waals surface area contributed by atoms with Crippen molar-refractivity contribution in [2.45, 2.75) is 44.4 Å². The van der Waals surface area contributed by atoms with E-state index in [1.165, 1.54) is 0 Å². The third-order valence-electron chi connectivity index (χ3n) is 2.71. The van der Waals surface area contributed by atoms with Crippen LogP contribution in [0.3, 0.4) is 0 Å². The molecule has 0 spiro atoms. The Morgan fingerprint density at radius 1 is 1.12 bits per heavy atom. The van der Waals surface area contributed by atoms with Gasteiger partial charge in [-0.25, -0.2) is 13.1 Å². The fourth-order valence-electron chi connectivity index (χ4n) is 1.69. The molecule has 0 aliphatic heterocycles. The van der Waals surface area contributed by atoms with Gasteiger partial charge in [0.05, 0.1) is 4.90 Å². The first kappa shape index (κ1) is 14.2. The van der Waals surface area contributed by atoms with Crippen molar-refractivity contribution in [2.24, 2.45) is 0 Å². The first-order valence-electron chi connectivity index (χ1n) is 6.13. The number of rotatable bonds is 7. The van der Waals surface area contributed by atoms with E-state index < -0.39 is 10.0 Å². The van der Waals surface area contributed by atoms with Crippen LogP contribution in [0.5, 0.6) is 0 Å². The molecule has 0 aliphatic carbocycles. The minimum absolute atomic E-state index is 0.385. The summed E-state index contributed by atoms with van der Waals surface area (Å²) < 4.78 is 26.6. The highest BCUT2D eigenvalue weighted by Gasteiger charge is 2.14. The second kappa shape index (κ2) is 6.77. The fraction of sp³-hybridized carbons (Fsp3) is 0.538. The van der Waals surface area contributed by atoms with Crippen LogP contribution in [0.2, 0.25) is 0 Å². The van der Waals surface area contributed by atoms with Gasteiger partial charge in [0.2, 0.25) is 10.0 Å². The van der Waals surface area contributed by atoms with E-state index in [1.807, 2.05) is 19.1 Å². The van der Waals surface area contributed by atoms with E-state index in [-0.39, 0.29) is 0 Å². The van der Waals surface area contributed by atoms with E-state index in [1.54, 1.807) is 12.1 Å². The van der Waals surface area contributed by atoms with Crippen molar-refractivity contribution >= 4 is 10.0 Å². The summed E-state index contributed by atoms with van der Waals surface area (Å²) in [6.07, 6.45) is 4.29. The Balaban J connectivity index is 2.55. The Bertz CT molecular complexity index is 440. The molecule has 0 saturated carbocycles. The molecule has 1 N–H and O–H groups in total. The van der Waals surface area contributed by atoms with Gasteiger partial charge in [0, 0.05) is 6.54 Å². The maximum atomic E-state index is 12.0. The van der Waals surface area contributed by atoms with Crippen molar-refractivity contribution in [3.05, 3.63) is 29.8 Å². The third kappa shape index (κ3) is 4.48. The quantitative estimate of drug-likeness (QED) is 0.761. The predicted molar refractivity (Wildman–Crippen MR) is 70.5 cm³/mol. The molecule has 0 fully saturated rings. The van der Waals surface area contributed by atoms with Gasteiger partial charge in [-0.1, -0.05) is 44.4 Å². The third-order valence-corrected chi connectivity index (χ3v) is 4.33. The topological polar surface area (TPSA) is 46.2 Å². The lowest BCUT2D eigenvalue weighted by atomic mass is 10.2. The Kier molecular flexibility index (Phi) is 5.65. The number of aryl methyl sites for hydroxylation is 1. The van der Waals surface area contributed by atoms with Crippen LogP contribution in [-0.2, 0) is 10.0 Å². The smallest absolute Gasteiger partial charge is 0.211 e. The molecule has 0 bridgehead atoms. The number of nitrogens with one attached hydrogen (secondary N) is 1. The van der Waals surface area contributed by atoms with E-state index in [0.717, 1.165) is 31.2 Å². The van der Waals surface area contributed by atoms with Crippen molar-refractivity contribution in [1.29, 1.82) is 0 Å². The van der Waals surface area contributed by atoms with Gasteiger partial charge < -0.3 is 0 Å². The maximum absolute atomic E-state index is 12.0. The molecule has 0 radical (unpaired) electrons. The van der Waals surface area contributed by atoms with E-state index in [4.69, 9.17) is 0 Å². The van der Waals surface area contributed by atoms with E-state index in [2.05, 4.69) is 11.6 Å². The largest absolute Gasteiger partial charge is 0.240 e. The Morgan fingerprint density at radius 3 is 2.47 bits per heavy atom. The van der Waals surface area contributed by atoms with Gasteiger partial charge in [-0.3, -0.25) is 0 Å². The van der Waals surface area contributed by atoms with Crippen molar-refractivity contribution < 1.29 is 8.42 Å². The standard InChI is InChI=1S/C13H21NO2S/c1-3-4-5-8-11-14-17(15,16)13-10-7-6-9-12(13)2/h6-7,9-10,14H,3-5,8,11H2,1-2H3. The maximum Gasteiger partial charge on any atom is 0.240 e. The lowest BCUT2D eigenvalue weighted by molar-refractivity contribution is 0.573. The molecule has 17 heavy (non-hydrogen) atoms. The molecule has 4 heteroatoms. The molecule has 0 saturated heterocycles. The lowest BCUT2D eigenvalue weighted by Crippen LogP contribution is -2.25. The molecule has 0 amide bonds. The zero-order valence-corrected chi connectivity index (χ0v) is 11.4. The van der Waals surface area contributed by atoms with Crippen LogP contribution in [0.4, 0.5) is 0 Å². The number of hydrogen-bond acceptors (Lipinski definition) is 2. The van der Waals surface area contributed by atoms with E-state index >= 15 is 0 Å². The van der Waals surface area contributed by atoms with Crippen LogP contribution < -0.4 is 4.72 Å². The van der Waals surface area contributed by atoms with Crippen molar-refractivity contribution in [2.75, 3.05) is 6.54 Å². The fourth-order valence-corrected chi connectivity index (χ4v) is 3.01. The zero-order chi connectivity index (χ0) is 12.7. The highest BCUT2D eigenvalue weighted by atomic mass is 32.2. The van der Waals surface area contributed by atoms with Gasteiger partial charge in [-0.15, -0.1) is 0 Å². The summed E-state index contributed by atoms with van der Waals surface area (Å²) in [6, 6.07) is 7.05. The van der Waals surface area contributed by atoms with Crippen molar-refractivity contribution in [1.82, 2.24) is 4.72 Å². The van der Waals surface area contributed by atoms with Crippen LogP contribution >= 0.6 is 0 Å². The second-order valence-electron chi connectivity index (χ2n) is 4.22. The van der Waals surface area contributed by atoms with E-state index in [0.29, 0.717) is 11.4 Å². The van der Waals surface area contributed by atoms with Crippen LogP contribution in [0, 0.1) is 6.92 Å². The molecule has 0 unspecified atom stereocenters. The first-order valence-corrected chi connectivity index (χ1v) is 7.61. The van der Waals surface area contributed by atoms with Crippen LogP contribution in [0.1, 0.15) is 38.2 Å². The molecule has 0 aromatic heterocycles. The van der Waals surface area contributed by atoms with Gasteiger partial charge in [0.1, 0.15) is 0 Å².